The number of H-pyrrole nitrogens is 1. The van der Waals surface area contributed by atoms with Gasteiger partial charge in [0.25, 0.3) is 5.56 Å². The second kappa shape index (κ2) is 5.28. The molecule has 3 aromatic rings. The average Bonchev–Trinajstić information content (AvgIpc) is 2.99. The molecule has 21 heavy (non-hydrogen) atoms. The van der Waals surface area contributed by atoms with E-state index in [2.05, 4.69) is 15.2 Å². The lowest BCUT2D eigenvalue weighted by atomic mass is 10.2. The van der Waals surface area contributed by atoms with Gasteiger partial charge in [0.05, 0.1) is 40.5 Å². The summed E-state index contributed by atoms with van der Waals surface area (Å²) in [5.74, 6) is 0.249. The number of aliphatic hydroxyl groups is 1. The molecule has 8 heteroatoms. The minimum atomic E-state index is -0.795. The predicted molar refractivity (Wildman–Crippen MR) is 78.5 cm³/mol. The number of fused-ring (bicyclic) bond motifs is 1. The highest BCUT2D eigenvalue weighted by molar-refractivity contribution is 6.35. The fraction of sp³-hybridized carbons (Fsp3) is 0.154. The fourth-order valence-electron chi connectivity index (χ4n) is 2.15. The van der Waals surface area contributed by atoms with Gasteiger partial charge in [0.2, 0.25) is 0 Å². The zero-order chi connectivity index (χ0) is 15.0. The van der Waals surface area contributed by atoms with Crippen LogP contribution in [-0.2, 0) is 0 Å². The van der Waals surface area contributed by atoms with Gasteiger partial charge in [0.1, 0.15) is 5.82 Å². The van der Waals surface area contributed by atoms with E-state index in [0.717, 1.165) is 0 Å². The summed E-state index contributed by atoms with van der Waals surface area (Å²) in [6, 6.07) is 4.21. The summed E-state index contributed by atoms with van der Waals surface area (Å²) in [5, 5.41) is 16.4. The summed E-state index contributed by atoms with van der Waals surface area (Å²) in [4.78, 5) is 17.1. The van der Waals surface area contributed by atoms with Gasteiger partial charge in [0, 0.05) is 6.20 Å². The van der Waals surface area contributed by atoms with E-state index in [0.29, 0.717) is 21.6 Å². The summed E-state index contributed by atoms with van der Waals surface area (Å²) in [6.07, 6.45) is 3.01. The molecule has 0 aliphatic carbocycles. The van der Waals surface area contributed by atoms with E-state index in [-0.39, 0.29) is 18.0 Å². The maximum Gasteiger partial charge on any atom is 0.267 e. The van der Waals surface area contributed by atoms with Gasteiger partial charge in [-0.15, -0.1) is 0 Å². The highest BCUT2D eigenvalue weighted by atomic mass is 35.5. The second-order valence-electron chi connectivity index (χ2n) is 4.49. The molecule has 0 unspecified atom stereocenters. The van der Waals surface area contributed by atoms with E-state index in [1.165, 1.54) is 10.8 Å². The Balaban J connectivity index is 2.45. The lowest BCUT2D eigenvalue weighted by molar-refractivity contribution is 0.262. The van der Waals surface area contributed by atoms with Crippen molar-refractivity contribution >= 4 is 22.5 Å². The molecule has 108 valence electrons. The Kier molecular flexibility index (Phi) is 3.46. The largest absolute Gasteiger partial charge is 0.394 e. The monoisotopic (exact) mass is 305 g/mol. The van der Waals surface area contributed by atoms with Gasteiger partial charge in [-0.3, -0.25) is 14.5 Å². The van der Waals surface area contributed by atoms with Crippen LogP contribution in [0, 0.1) is 0 Å². The van der Waals surface area contributed by atoms with Crippen molar-refractivity contribution in [2.24, 2.45) is 5.73 Å². The van der Waals surface area contributed by atoms with Crippen LogP contribution in [0.4, 0.5) is 0 Å². The molecule has 0 saturated heterocycles. The standard InChI is InChI=1S/C13H12ClN5O2/c14-8-2-1-3-10-11(8)13(21)19(7-4-16-17-5-7)12(18-10)9(15)6-20/h1-5,9,20H,6,15H2,(H,16,17)/t9-/m0/s1. The van der Waals surface area contributed by atoms with Gasteiger partial charge in [-0.1, -0.05) is 17.7 Å². The minimum Gasteiger partial charge on any atom is -0.394 e. The number of nitrogens with zero attached hydrogens (tertiary/aromatic N) is 3. The van der Waals surface area contributed by atoms with Crippen LogP contribution in [0.25, 0.3) is 16.6 Å². The van der Waals surface area contributed by atoms with Crippen LogP contribution >= 0.6 is 11.6 Å². The van der Waals surface area contributed by atoms with E-state index < -0.39 is 6.04 Å². The van der Waals surface area contributed by atoms with Crippen molar-refractivity contribution in [1.29, 1.82) is 0 Å². The van der Waals surface area contributed by atoms with Crippen molar-refractivity contribution in [2.75, 3.05) is 6.61 Å². The predicted octanol–water partition coefficient (Wildman–Crippen LogP) is 0.754. The van der Waals surface area contributed by atoms with E-state index in [1.807, 2.05) is 0 Å². The van der Waals surface area contributed by atoms with Crippen LogP contribution in [0.1, 0.15) is 11.9 Å². The van der Waals surface area contributed by atoms with Crippen molar-refractivity contribution in [3.63, 3.8) is 0 Å². The van der Waals surface area contributed by atoms with Gasteiger partial charge in [-0.05, 0) is 12.1 Å². The minimum absolute atomic E-state index is 0.249. The first-order valence-electron chi connectivity index (χ1n) is 6.20. The fourth-order valence-corrected chi connectivity index (χ4v) is 2.40. The topological polar surface area (TPSA) is 110 Å². The molecule has 2 aromatic heterocycles. The third kappa shape index (κ3) is 2.21. The Labute approximate surface area is 124 Å². The number of aromatic amines is 1. The van der Waals surface area contributed by atoms with Crippen LogP contribution < -0.4 is 11.3 Å². The molecule has 0 amide bonds. The molecule has 0 aliphatic heterocycles. The maximum absolute atomic E-state index is 12.7. The SMILES string of the molecule is N[C@@H](CO)c1nc2cccc(Cl)c2c(=O)n1-c1cn[nH]c1. The van der Waals surface area contributed by atoms with Crippen molar-refractivity contribution < 1.29 is 5.11 Å². The number of rotatable bonds is 3. The number of benzene rings is 1. The van der Waals surface area contributed by atoms with Crippen molar-refractivity contribution in [3.8, 4) is 5.69 Å². The Morgan fingerprint density at radius 3 is 2.95 bits per heavy atom. The number of aromatic nitrogens is 4. The van der Waals surface area contributed by atoms with Gasteiger partial charge < -0.3 is 10.8 Å². The Hall–Kier alpha value is -2.22. The van der Waals surface area contributed by atoms with Crippen LogP contribution in [0.3, 0.4) is 0 Å². The third-order valence-corrected chi connectivity index (χ3v) is 3.46. The van der Waals surface area contributed by atoms with E-state index in [4.69, 9.17) is 17.3 Å². The molecule has 4 N–H and O–H groups in total. The summed E-state index contributed by atoms with van der Waals surface area (Å²) in [5.41, 5.74) is 6.42. The van der Waals surface area contributed by atoms with E-state index in [1.54, 1.807) is 24.4 Å². The quantitative estimate of drug-likeness (QED) is 0.661. The summed E-state index contributed by atoms with van der Waals surface area (Å²) < 4.78 is 1.30. The normalized spacial score (nSPS) is 12.7. The van der Waals surface area contributed by atoms with Gasteiger partial charge >= 0.3 is 0 Å². The molecule has 0 aliphatic rings. The second-order valence-corrected chi connectivity index (χ2v) is 4.90. The van der Waals surface area contributed by atoms with Crippen molar-refractivity contribution in [3.05, 3.63) is 51.8 Å². The Morgan fingerprint density at radius 1 is 1.48 bits per heavy atom. The van der Waals surface area contributed by atoms with Gasteiger partial charge in [-0.25, -0.2) is 4.98 Å². The average molecular weight is 306 g/mol. The zero-order valence-electron chi connectivity index (χ0n) is 10.8. The van der Waals surface area contributed by atoms with Crippen molar-refractivity contribution in [2.45, 2.75) is 6.04 Å². The highest BCUT2D eigenvalue weighted by Gasteiger charge is 2.19. The zero-order valence-corrected chi connectivity index (χ0v) is 11.6. The molecule has 1 atom stereocenters. The number of hydrogen-bond donors (Lipinski definition) is 3. The molecule has 0 radical (unpaired) electrons. The lowest BCUT2D eigenvalue weighted by Gasteiger charge is -2.16. The highest BCUT2D eigenvalue weighted by Crippen LogP contribution is 2.21. The smallest absolute Gasteiger partial charge is 0.267 e. The molecule has 0 saturated carbocycles. The lowest BCUT2D eigenvalue weighted by Crippen LogP contribution is -2.30. The number of nitrogens with one attached hydrogen (secondary N) is 1. The molecule has 0 bridgehead atoms. The molecule has 3 rings (SSSR count). The van der Waals surface area contributed by atoms with Crippen LogP contribution in [-0.4, -0.2) is 31.5 Å². The summed E-state index contributed by atoms with van der Waals surface area (Å²) >= 11 is 6.10. The first kappa shape index (κ1) is 13.7. The van der Waals surface area contributed by atoms with E-state index in [9.17, 15) is 9.90 Å². The third-order valence-electron chi connectivity index (χ3n) is 3.14. The first-order valence-corrected chi connectivity index (χ1v) is 6.58. The molecule has 2 heterocycles. The first-order chi connectivity index (χ1) is 10.1. The van der Waals surface area contributed by atoms with Gasteiger partial charge in [-0.2, -0.15) is 5.10 Å². The maximum atomic E-state index is 12.7. The summed E-state index contributed by atoms with van der Waals surface area (Å²) in [7, 11) is 0. The number of halogens is 1. The molecule has 1 aromatic carbocycles. The van der Waals surface area contributed by atoms with Crippen LogP contribution in [0.5, 0.6) is 0 Å². The van der Waals surface area contributed by atoms with Crippen LogP contribution in [0.2, 0.25) is 5.02 Å². The van der Waals surface area contributed by atoms with Crippen molar-refractivity contribution in [1.82, 2.24) is 19.7 Å². The number of aliphatic hydroxyl groups excluding tert-OH is 1. The number of hydrogen-bond acceptors (Lipinski definition) is 5. The summed E-state index contributed by atoms with van der Waals surface area (Å²) in [6.45, 7) is -0.337. The number of nitrogens with two attached hydrogens (primary N) is 1. The van der Waals surface area contributed by atoms with Crippen LogP contribution in [0.15, 0.2) is 35.4 Å². The molecule has 0 spiro atoms. The molecule has 7 nitrogen and oxygen atoms in total. The van der Waals surface area contributed by atoms with Gasteiger partial charge in [0.15, 0.2) is 0 Å². The molecule has 0 fully saturated rings. The van der Waals surface area contributed by atoms with E-state index >= 15 is 0 Å². The molecular formula is C13H12ClN5O2. The Morgan fingerprint density at radius 2 is 2.29 bits per heavy atom. The molecular weight excluding hydrogens is 294 g/mol. The Bertz CT molecular complexity index is 844.